The predicted octanol–water partition coefficient (Wildman–Crippen LogP) is 3.81. The molecule has 1 aliphatic rings. The van der Waals surface area contributed by atoms with Gasteiger partial charge < -0.3 is 0 Å². The summed E-state index contributed by atoms with van der Waals surface area (Å²) in [6, 6.07) is 0. The lowest BCUT2D eigenvalue weighted by Gasteiger charge is -2.38. The van der Waals surface area contributed by atoms with Gasteiger partial charge in [-0.05, 0) is 24.2 Å². The van der Waals surface area contributed by atoms with Gasteiger partial charge >= 0.3 is 0 Å². The molecule has 0 nitrogen and oxygen atoms in total. The van der Waals surface area contributed by atoms with Crippen molar-refractivity contribution in [3.05, 3.63) is 0 Å². The summed E-state index contributed by atoms with van der Waals surface area (Å²) in [4.78, 5) is 0. The van der Waals surface area contributed by atoms with E-state index in [0.29, 0.717) is 6.42 Å². The van der Waals surface area contributed by atoms with Crippen molar-refractivity contribution >= 4 is 0 Å². The highest BCUT2D eigenvalue weighted by molar-refractivity contribution is 4.89. The molecule has 1 saturated carbocycles. The van der Waals surface area contributed by atoms with E-state index in [9.17, 15) is 13.2 Å². The van der Waals surface area contributed by atoms with Crippen LogP contribution in [0.3, 0.4) is 0 Å². The van der Waals surface area contributed by atoms with Gasteiger partial charge in [-0.25, -0.2) is 13.2 Å². The molecule has 0 amide bonds. The normalized spacial score (nSPS) is 34.6. The highest BCUT2D eigenvalue weighted by Crippen LogP contribution is 2.44. The fourth-order valence-corrected chi connectivity index (χ4v) is 1.85. The van der Waals surface area contributed by atoms with Crippen molar-refractivity contribution in [1.29, 1.82) is 0 Å². The van der Waals surface area contributed by atoms with Crippen LogP contribution in [0, 0.1) is 11.3 Å². The molecule has 0 saturated heterocycles. The van der Waals surface area contributed by atoms with Crippen LogP contribution in [-0.4, -0.2) is 12.1 Å². The van der Waals surface area contributed by atoms with E-state index in [0.717, 1.165) is 0 Å². The van der Waals surface area contributed by atoms with Crippen LogP contribution in [0.5, 0.6) is 0 Å². The maximum Gasteiger partial charge on any atom is 0.278 e. The first kappa shape index (κ1) is 10.9. The molecular formula is C10H17F3. The molecule has 1 fully saturated rings. The topological polar surface area (TPSA) is 0 Å². The van der Waals surface area contributed by atoms with E-state index in [1.54, 1.807) is 0 Å². The van der Waals surface area contributed by atoms with Gasteiger partial charge in [0.25, 0.3) is 5.92 Å². The fraction of sp³-hybridized carbons (Fsp3) is 1.00. The summed E-state index contributed by atoms with van der Waals surface area (Å²) in [6.45, 7) is 5.94. The Kier molecular flexibility index (Phi) is 2.65. The molecule has 78 valence electrons. The summed E-state index contributed by atoms with van der Waals surface area (Å²) in [5.74, 6) is -3.00. The van der Waals surface area contributed by atoms with Gasteiger partial charge in [-0.1, -0.05) is 20.8 Å². The van der Waals surface area contributed by atoms with Gasteiger partial charge in [-0.2, -0.15) is 0 Å². The van der Waals surface area contributed by atoms with E-state index in [4.69, 9.17) is 0 Å². The molecule has 0 aliphatic heterocycles. The Bertz CT molecular complexity index is 181. The summed E-state index contributed by atoms with van der Waals surface area (Å²) < 4.78 is 38.6. The van der Waals surface area contributed by atoms with Crippen LogP contribution in [0.4, 0.5) is 13.2 Å². The van der Waals surface area contributed by atoms with Crippen molar-refractivity contribution in [2.24, 2.45) is 11.3 Å². The molecule has 1 rings (SSSR count). The number of hydrogen-bond acceptors (Lipinski definition) is 0. The SMILES string of the molecule is CC(C)(C)C1CCC(F)(F)C(F)C1. The van der Waals surface area contributed by atoms with Crippen molar-refractivity contribution in [2.45, 2.75) is 52.1 Å². The van der Waals surface area contributed by atoms with Crippen molar-refractivity contribution in [3.63, 3.8) is 0 Å². The van der Waals surface area contributed by atoms with Gasteiger partial charge in [0.05, 0.1) is 0 Å². The number of alkyl halides is 3. The summed E-state index contributed by atoms with van der Waals surface area (Å²) >= 11 is 0. The van der Waals surface area contributed by atoms with E-state index in [2.05, 4.69) is 0 Å². The van der Waals surface area contributed by atoms with E-state index in [1.165, 1.54) is 0 Å². The minimum atomic E-state index is -3.08. The molecule has 0 aromatic rings. The Labute approximate surface area is 77.5 Å². The summed E-state index contributed by atoms with van der Waals surface area (Å²) in [6.07, 6.45) is -1.78. The van der Waals surface area contributed by atoms with Crippen molar-refractivity contribution in [2.75, 3.05) is 0 Å². The molecule has 0 spiro atoms. The fourth-order valence-electron chi connectivity index (χ4n) is 1.85. The molecule has 3 heteroatoms. The van der Waals surface area contributed by atoms with Gasteiger partial charge in [-0.15, -0.1) is 0 Å². The molecule has 0 aromatic carbocycles. The first-order chi connectivity index (χ1) is 5.73. The molecule has 2 atom stereocenters. The zero-order valence-corrected chi connectivity index (χ0v) is 8.41. The monoisotopic (exact) mass is 194 g/mol. The van der Waals surface area contributed by atoms with Crippen LogP contribution < -0.4 is 0 Å². The minimum Gasteiger partial charge on any atom is -0.241 e. The summed E-state index contributed by atoms with van der Waals surface area (Å²) in [7, 11) is 0. The Hall–Kier alpha value is -0.210. The third kappa shape index (κ3) is 2.38. The molecule has 2 unspecified atom stereocenters. The third-order valence-electron chi connectivity index (χ3n) is 3.00. The van der Waals surface area contributed by atoms with Crippen LogP contribution in [0.2, 0.25) is 0 Å². The second-order valence-electron chi connectivity index (χ2n) is 5.07. The molecule has 0 heterocycles. The van der Waals surface area contributed by atoms with Crippen molar-refractivity contribution < 1.29 is 13.2 Å². The summed E-state index contributed by atoms with van der Waals surface area (Å²) in [5, 5.41) is 0. The lowest BCUT2D eigenvalue weighted by molar-refractivity contribution is -0.119. The average molecular weight is 194 g/mol. The predicted molar refractivity (Wildman–Crippen MR) is 46.6 cm³/mol. The van der Waals surface area contributed by atoms with Gasteiger partial charge in [0.1, 0.15) is 0 Å². The van der Waals surface area contributed by atoms with Gasteiger partial charge in [0.15, 0.2) is 6.17 Å². The first-order valence-corrected chi connectivity index (χ1v) is 4.75. The highest BCUT2D eigenvalue weighted by atomic mass is 19.3. The lowest BCUT2D eigenvalue weighted by Crippen LogP contribution is -2.40. The minimum absolute atomic E-state index is 0.0104. The molecular weight excluding hydrogens is 177 g/mol. The number of rotatable bonds is 0. The van der Waals surface area contributed by atoms with Crippen LogP contribution in [0.15, 0.2) is 0 Å². The Balaban J connectivity index is 2.61. The molecule has 0 radical (unpaired) electrons. The zero-order valence-electron chi connectivity index (χ0n) is 8.41. The molecule has 0 N–H and O–H groups in total. The largest absolute Gasteiger partial charge is 0.278 e. The second-order valence-corrected chi connectivity index (χ2v) is 5.07. The van der Waals surface area contributed by atoms with Gasteiger partial charge in [-0.3, -0.25) is 0 Å². The zero-order chi connectivity index (χ0) is 10.3. The number of hydrogen-bond donors (Lipinski definition) is 0. The first-order valence-electron chi connectivity index (χ1n) is 4.75. The molecule has 0 aromatic heterocycles. The Morgan fingerprint density at radius 2 is 1.77 bits per heavy atom. The summed E-state index contributed by atoms with van der Waals surface area (Å²) in [5.41, 5.74) is -0.0547. The number of halogens is 3. The Morgan fingerprint density at radius 3 is 2.15 bits per heavy atom. The van der Waals surface area contributed by atoms with E-state index < -0.39 is 12.1 Å². The second kappa shape index (κ2) is 3.18. The van der Waals surface area contributed by atoms with Crippen LogP contribution >= 0.6 is 0 Å². The van der Waals surface area contributed by atoms with Crippen molar-refractivity contribution in [1.82, 2.24) is 0 Å². The van der Waals surface area contributed by atoms with Crippen LogP contribution in [0.25, 0.3) is 0 Å². The standard InChI is InChI=1S/C10H17F3/c1-9(2,3)7-4-5-10(12,13)8(11)6-7/h7-8H,4-6H2,1-3H3. The molecule has 13 heavy (non-hydrogen) atoms. The maximum absolute atomic E-state index is 13.0. The van der Waals surface area contributed by atoms with Gasteiger partial charge in [0, 0.05) is 6.42 Å². The smallest absolute Gasteiger partial charge is 0.241 e. The van der Waals surface area contributed by atoms with E-state index in [1.807, 2.05) is 20.8 Å². The lowest BCUT2D eigenvalue weighted by atomic mass is 9.71. The van der Waals surface area contributed by atoms with E-state index >= 15 is 0 Å². The molecule has 1 aliphatic carbocycles. The van der Waals surface area contributed by atoms with Crippen LogP contribution in [-0.2, 0) is 0 Å². The average Bonchev–Trinajstić information content (AvgIpc) is 1.92. The van der Waals surface area contributed by atoms with Crippen molar-refractivity contribution in [3.8, 4) is 0 Å². The van der Waals surface area contributed by atoms with Gasteiger partial charge in [0.2, 0.25) is 0 Å². The quantitative estimate of drug-likeness (QED) is 0.550. The maximum atomic E-state index is 13.0. The molecule has 0 bridgehead atoms. The van der Waals surface area contributed by atoms with Crippen LogP contribution in [0.1, 0.15) is 40.0 Å². The van der Waals surface area contributed by atoms with E-state index in [-0.39, 0.29) is 24.2 Å². The third-order valence-corrected chi connectivity index (χ3v) is 3.00. The Morgan fingerprint density at radius 1 is 1.23 bits per heavy atom. The highest BCUT2D eigenvalue weighted by Gasteiger charge is 2.47.